The first-order valence-electron chi connectivity index (χ1n) is 6.49. The highest BCUT2D eigenvalue weighted by atomic mass is 16.5. The van der Waals surface area contributed by atoms with E-state index in [9.17, 15) is 9.59 Å². The van der Waals surface area contributed by atoms with E-state index in [4.69, 9.17) is 14.6 Å². The number of carboxylic acids is 1. The molecule has 0 bridgehead atoms. The molecule has 1 heterocycles. The number of carboxylic acid groups (broad SMARTS) is 1. The van der Waals surface area contributed by atoms with Crippen LogP contribution in [0.5, 0.6) is 5.75 Å². The quantitative estimate of drug-likeness (QED) is 0.890. The van der Waals surface area contributed by atoms with Crippen LogP contribution >= 0.6 is 0 Å². The molecule has 6 nitrogen and oxygen atoms in total. The molecule has 0 radical (unpaired) electrons. The van der Waals surface area contributed by atoms with Crippen LogP contribution in [0, 0.1) is 0 Å². The van der Waals surface area contributed by atoms with Crippen molar-refractivity contribution in [3.8, 4) is 5.75 Å². The van der Waals surface area contributed by atoms with Gasteiger partial charge < -0.3 is 19.5 Å². The Morgan fingerprint density at radius 1 is 1.45 bits per heavy atom. The average Bonchev–Trinajstić information content (AvgIpc) is 2.47. The summed E-state index contributed by atoms with van der Waals surface area (Å²) in [6.45, 7) is 2.96. The maximum absolute atomic E-state index is 12.5. The molecule has 108 valence electrons. The summed E-state index contributed by atoms with van der Waals surface area (Å²) in [6, 6.07) is 6.95. The van der Waals surface area contributed by atoms with Gasteiger partial charge in [-0.3, -0.25) is 4.79 Å². The molecule has 20 heavy (non-hydrogen) atoms. The highest BCUT2D eigenvalue weighted by Crippen LogP contribution is 2.21. The lowest BCUT2D eigenvalue weighted by Crippen LogP contribution is -2.48. The minimum Gasteiger partial charge on any atom is -0.493 e. The minimum absolute atomic E-state index is 0.0502. The number of carbonyl (C=O) groups excluding carboxylic acids is 1. The third-order valence-corrected chi connectivity index (χ3v) is 3.05. The molecule has 0 aliphatic carbocycles. The zero-order chi connectivity index (χ0) is 14.5. The molecular formula is C14H17NO5. The second-order valence-corrected chi connectivity index (χ2v) is 4.38. The van der Waals surface area contributed by atoms with Crippen LogP contribution in [-0.2, 0) is 9.53 Å². The first-order chi connectivity index (χ1) is 9.63. The van der Waals surface area contributed by atoms with E-state index in [0.717, 1.165) is 0 Å². The second-order valence-electron chi connectivity index (χ2n) is 4.38. The monoisotopic (exact) mass is 279 g/mol. The lowest BCUT2D eigenvalue weighted by atomic mass is 10.1. The molecule has 1 aromatic rings. The number of benzene rings is 1. The third kappa shape index (κ3) is 3.08. The standard InChI is InChI=1S/C14H17NO5/c1-2-19-11-6-4-3-5-10(11)13(16)15-7-8-20-12(9-15)14(17)18/h3-6,12H,2,7-9H2,1H3,(H,17,18). The Morgan fingerprint density at radius 2 is 2.20 bits per heavy atom. The van der Waals surface area contributed by atoms with Gasteiger partial charge in [0.25, 0.3) is 5.91 Å². The summed E-state index contributed by atoms with van der Waals surface area (Å²) >= 11 is 0. The molecule has 0 saturated carbocycles. The zero-order valence-electron chi connectivity index (χ0n) is 11.2. The van der Waals surface area contributed by atoms with Crippen molar-refractivity contribution in [2.45, 2.75) is 13.0 Å². The lowest BCUT2D eigenvalue weighted by Gasteiger charge is -2.31. The van der Waals surface area contributed by atoms with Crippen LogP contribution < -0.4 is 4.74 Å². The Kier molecular flexibility index (Phi) is 4.57. The fourth-order valence-corrected chi connectivity index (χ4v) is 2.08. The molecule has 1 N–H and O–H groups in total. The first kappa shape index (κ1) is 14.3. The second kappa shape index (κ2) is 6.38. The summed E-state index contributed by atoms with van der Waals surface area (Å²) in [7, 11) is 0. The summed E-state index contributed by atoms with van der Waals surface area (Å²) < 4.78 is 10.5. The van der Waals surface area contributed by atoms with Crippen LogP contribution in [0.2, 0.25) is 0 Å². The molecule has 1 amide bonds. The SMILES string of the molecule is CCOc1ccccc1C(=O)N1CCOC(C(=O)O)C1. The summed E-state index contributed by atoms with van der Waals surface area (Å²) in [5.74, 6) is -0.775. The van der Waals surface area contributed by atoms with E-state index in [1.165, 1.54) is 4.90 Å². The van der Waals surface area contributed by atoms with Gasteiger partial charge in [-0.25, -0.2) is 4.79 Å². The summed E-state index contributed by atoms with van der Waals surface area (Å²) in [5, 5.41) is 8.96. The van der Waals surface area contributed by atoms with E-state index in [2.05, 4.69) is 0 Å². The molecule has 1 fully saturated rings. The summed E-state index contributed by atoms with van der Waals surface area (Å²) in [4.78, 5) is 24.9. The largest absolute Gasteiger partial charge is 0.493 e. The third-order valence-electron chi connectivity index (χ3n) is 3.05. The minimum atomic E-state index is -1.06. The number of nitrogens with zero attached hydrogens (tertiary/aromatic N) is 1. The fourth-order valence-electron chi connectivity index (χ4n) is 2.08. The van der Waals surface area contributed by atoms with Gasteiger partial charge >= 0.3 is 5.97 Å². The Hall–Kier alpha value is -2.08. The van der Waals surface area contributed by atoms with Gasteiger partial charge in [-0.1, -0.05) is 12.1 Å². The maximum atomic E-state index is 12.5. The van der Waals surface area contributed by atoms with Crippen molar-refractivity contribution in [3.63, 3.8) is 0 Å². The van der Waals surface area contributed by atoms with Gasteiger partial charge in [-0.05, 0) is 19.1 Å². The normalized spacial score (nSPS) is 18.6. The van der Waals surface area contributed by atoms with Crippen molar-refractivity contribution in [3.05, 3.63) is 29.8 Å². The molecule has 2 rings (SSSR count). The highest BCUT2D eigenvalue weighted by molar-refractivity contribution is 5.97. The van der Waals surface area contributed by atoms with E-state index in [-0.39, 0.29) is 19.1 Å². The predicted octanol–water partition coefficient (Wildman–Crippen LogP) is 1.01. The van der Waals surface area contributed by atoms with Crippen LogP contribution in [-0.4, -0.2) is 54.3 Å². The number of ether oxygens (including phenoxy) is 2. The Morgan fingerprint density at radius 3 is 2.90 bits per heavy atom. The summed E-state index contributed by atoms with van der Waals surface area (Å²) in [5.41, 5.74) is 0.445. The molecular weight excluding hydrogens is 262 g/mol. The van der Waals surface area contributed by atoms with E-state index in [1.54, 1.807) is 24.3 Å². The number of hydrogen-bond donors (Lipinski definition) is 1. The van der Waals surface area contributed by atoms with Crippen molar-refractivity contribution in [1.82, 2.24) is 4.90 Å². The topological polar surface area (TPSA) is 76.1 Å². The average molecular weight is 279 g/mol. The number of morpholine rings is 1. The van der Waals surface area contributed by atoms with Crippen molar-refractivity contribution in [1.29, 1.82) is 0 Å². The van der Waals surface area contributed by atoms with E-state index >= 15 is 0 Å². The number of hydrogen-bond acceptors (Lipinski definition) is 4. The number of para-hydroxylation sites is 1. The Labute approximate surface area is 116 Å². The molecule has 0 spiro atoms. The highest BCUT2D eigenvalue weighted by Gasteiger charge is 2.30. The van der Waals surface area contributed by atoms with Crippen LogP contribution in [0.15, 0.2) is 24.3 Å². The van der Waals surface area contributed by atoms with Gasteiger partial charge in [0, 0.05) is 6.54 Å². The number of rotatable bonds is 4. The number of carbonyl (C=O) groups is 2. The van der Waals surface area contributed by atoms with Crippen LogP contribution in [0.4, 0.5) is 0 Å². The van der Waals surface area contributed by atoms with Crippen LogP contribution in [0.1, 0.15) is 17.3 Å². The van der Waals surface area contributed by atoms with Gasteiger partial charge in [-0.2, -0.15) is 0 Å². The van der Waals surface area contributed by atoms with Gasteiger partial charge in [-0.15, -0.1) is 0 Å². The van der Waals surface area contributed by atoms with Crippen molar-refractivity contribution >= 4 is 11.9 Å². The lowest BCUT2D eigenvalue weighted by molar-refractivity contribution is -0.154. The van der Waals surface area contributed by atoms with Crippen molar-refractivity contribution in [2.75, 3.05) is 26.3 Å². The zero-order valence-corrected chi connectivity index (χ0v) is 11.2. The van der Waals surface area contributed by atoms with Crippen molar-refractivity contribution in [2.24, 2.45) is 0 Å². The van der Waals surface area contributed by atoms with E-state index < -0.39 is 12.1 Å². The maximum Gasteiger partial charge on any atom is 0.334 e. The molecule has 1 unspecified atom stereocenters. The van der Waals surface area contributed by atoms with Gasteiger partial charge in [0.2, 0.25) is 0 Å². The molecule has 1 aliphatic heterocycles. The molecule has 0 aromatic heterocycles. The Balaban J connectivity index is 2.16. The predicted molar refractivity (Wildman–Crippen MR) is 70.9 cm³/mol. The van der Waals surface area contributed by atoms with Gasteiger partial charge in [0.05, 0.1) is 25.3 Å². The first-order valence-corrected chi connectivity index (χ1v) is 6.49. The molecule has 1 saturated heterocycles. The molecule has 6 heteroatoms. The number of aliphatic carboxylic acids is 1. The fraction of sp³-hybridized carbons (Fsp3) is 0.429. The van der Waals surface area contributed by atoms with Crippen molar-refractivity contribution < 1.29 is 24.2 Å². The summed E-state index contributed by atoms with van der Waals surface area (Å²) in [6.07, 6.45) is -0.966. The van der Waals surface area contributed by atoms with Crippen LogP contribution in [0.25, 0.3) is 0 Å². The van der Waals surface area contributed by atoms with E-state index in [1.807, 2.05) is 6.92 Å². The van der Waals surface area contributed by atoms with E-state index in [0.29, 0.717) is 24.5 Å². The van der Waals surface area contributed by atoms with Crippen LogP contribution in [0.3, 0.4) is 0 Å². The molecule has 1 atom stereocenters. The number of amides is 1. The van der Waals surface area contributed by atoms with Gasteiger partial charge in [0.1, 0.15) is 5.75 Å². The Bertz CT molecular complexity index is 502. The van der Waals surface area contributed by atoms with Gasteiger partial charge in [0.15, 0.2) is 6.10 Å². The molecule has 1 aliphatic rings. The smallest absolute Gasteiger partial charge is 0.334 e. The molecule has 1 aromatic carbocycles.